The van der Waals surface area contributed by atoms with E-state index in [1.54, 1.807) is 13.2 Å². The largest absolute Gasteiger partial charge is 0.411 e. The highest BCUT2D eigenvalue weighted by Gasteiger charge is 2.27. The number of halogens is 3. The molecule has 0 aliphatic heterocycles. The normalized spacial score (nSPS) is 11.8. The Bertz CT molecular complexity index is 648. The molecule has 0 atom stereocenters. The van der Waals surface area contributed by atoms with Gasteiger partial charge in [0.25, 0.3) is 5.56 Å². The van der Waals surface area contributed by atoms with E-state index in [0.717, 1.165) is 0 Å². The molecule has 0 radical (unpaired) electrons. The van der Waals surface area contributed by atoms with E-state index in [0.29, 0.717) is 11.3 Å². The van der Waals surface area contributed by atoms with E-state index in [1.165, 1.54) is 16.9 Å². The fourth-order valence-corrected chi connectivity index (χ4v) is 1.54. The van der Waals surface area contributed by atoms with Gasteiger partial charge in [0.05, 0.1) is 11.9 Å². The van der Waals surface area contributed by atoms with Crippen molar-refractivity contribution in [3.05, 3.63) is 34.6 Å². The molecular formula is C11H11F3N4O2. The van der Waals surface area contributed by atoms with Crippen molar-refractivity contribution in [3.8, 4) is 11.3 Å². The third kappa shape index (κ3) is 3.92. The first-order chi connectivity index (χ1) is 9.33. The van der Waals surface area contributed by atoms with Crippen LogP contribution in [0, 0.1) is 0 Å². The second kappa shape index (κ2) is 5.45. The van der Waals surface area contributed by atoms with Gasteiger partial charge in [0.1, 0.15) is 19.0 Å². The molecule has 0 aliphatic rings. The molecule has 2 aromatic heterocycles. The number of alkyl halides is 3. The fourth-order valence-electron chi connectivity index (χ4n) is 1.54. The summed E-state index contributed by atoms with van der Waals surface area (Å²) in [5.41, 5.74) is 0.451. The van der Waals surface area contributed by atoms with E-state index < -0.39 is 24.9 Å². The van der Waals surface area contributed by atoms with Crippen LogP contribution < -0.4 is 5.56 Å². The zero-order chi connectivity index (χ0) is 14.8. The van der Waals surface area contributed by atoms with Gasteiger partial charge in [-0.05, 0) is 0 Å². The molecule has 2 aromatic rings. The second-order valence-electron chi connectivity index (χ2n) is 4.09. The van der Waals surface area contributed by atoms with Crippen molar-refractivity contribution in [1.29, 1.82) is 0 Å². The lowest BCUT2D eigenvalue weighted by Gasteiger charge is -2.07. The van der Waals surface area contributed by atoms with Crippen LogP contribution in [0.15, 0.2) is 23.3 Å². The summed E-state index contributed by atoms with van der Waals surface area (Å²) in [7, 11) is 1.70. The number of H-pyrrole nitrogens is 1. The van der Waals surface area contributed by atoms with E-state index in [1.807, 2.05) is 0 Å². The molecule has 0 unspecified atom stereocenters. The van der Waals surface area contributed by atoms with Crippen LogP contribution in [0.25, 0.3) is 11.3 Å². The zero-order valence-electron chi connectivity index (χ0n) is 10.4. The second-order valence-corrected chi connectivity index (χ2v) is 4.09. The molecule has 0 aliphatic carbocycles. The number of aromatic amines is 1. The molecule has 0 fully saturated rings. The summed E-state index contributed by atoms with van der Waals surface area (Å²) in [4.78, 5) is 17.8. The van der Waals surface area contributed by atoms with Gasteiger partial charge in [0.15, 0.2) is 0 Å². The predicted molar refractivity (Wildman–Crippen MR) is 62.8 cm³/mol. The summed E-state index contributed by atoms with van der Waals surface area (Å²) in [5.74, 6) is 0.0283. The first-order valence-corrected chi connectivity index (χ1v) is 5.57. The standard InChI is InChI=1S/C11H11F3N4O2/c1-18-4-7(3-15-18)8-2-10(19)17-9(16-8)5-20-6-11(12,13)14/h2-4H,5-6H2,1H3,(H,16,17,19). The third-order valence-corrected chi connectivity index (χ3v) is 2.30. The molecule has 9 heteroatoms. The number of nitrogens with zero attached hydrogens (tertiary/aromatic N) is 3. The van der Waals surface area contributed by atoms with Crippen molar-refractivity contribution in [1.82, 2.24) is 19.7 Å². The van der Waals surface area contributed by atoms with Crippen molar-refractivity contribution in [2.75, 3.05) is 6.61 Å². The van der Waals surface area contributed by atoms with E-state index in [2.05, 4.69) is 19.8 Å². The summed E-state index contributed by atoms with van der Waals surface area (Å²) in [5, 5.41) is 3.93. The molecule has 20 heavy (non-hydrogen) atoms. The smallest absolute Gasteiger partial charge is 0.364 e. The number of nitrogens with one attached hydrogen (secondary N) is 1. The van der Waals surface area contributed by atoms with E-state index in [9.17, 15) is 18.0 Å². The highest BCUT2D eigenvalue weighted by atomic mass is 19.4. The fraction of sp³-hybridized carbons (Fsp3) is 0.364. The van der Waals surface area contributed by atoms with Crippen LogP contribution in [-0.2, 0) is 18.4 Å². The Morgan fingerprint density at radius 2 is 2.20 bits per heavy atom. The van der Waals surface area contributed by atoms with Gasteiger partial charge in [0, 0.05) is 24.9 Å². The van der Waals surface area contributed by atoms with Crippen LogP contribution in [0.4, 0.5) is 13.2 Å². The molecule has 2 rings (SSSR count). The minimum Gasteiger partial charge on any atom is -0.364 e. The molecule has 0 aromatic carbocycles. The Labute approximate surface area is 111 Å². The molecule has 1 N–H and O–H groups in total. The molecule has 0 saturated carbocycles. The van der Waals surface area contributed by atoms with Gasteiger partial charge < -0.3 is 9.72 Å². The Kier molecular flexibility index (Phi) is 3.89. The molecule has 0 amide bonds. The quantitative estimate of drug-likeness (QED) is 0.919. The SMILES string of the molecule is Cn1cc(-c2cc(=O)[nH]c(COCC(F)(F)F)n2)cn1. The van der Waals surface area contributed by atoms with Gasteiger partial charge in [0.2, 0.25) is 0 Å². The molecule has 2 heterocycles. The van der Waals surface area contributed by atoms with Gasteiger partial charge in [-0.2, -0.15) is 18.3 Å². The summed E-state index contributed by atoms with van der Waals surface area (Å²) >= 11 is 0. The lowest BCUT2D eigenvalue weighted by molar-refractivity contribution is -0.177. The summed E-state index contributed by atoms with van der Waals surface area (Å²) in [6.07, 6.45) is -1.27. The van der Waals surface area contributed by atoms with Crippen molar-refractivity contribution in [3.63, 3.8) is 0 Å². The molecule has 0 spiro atoms. The lowest BCUT2D eigenvalue weighted by atomic mass is 10.2. The molecule has 6 nitrogen and oxygen atoms in total. The van der Waals surface area contributed by atoms with E-state index in [4.69, 9.17) is 0 Å². The molecule has 0 bridgehead atoms. The van der Waals surface area contributed by atoms with Crippen LogP contribution in [0.5, 0.6) is 0 Å². The highest BCUT2D eigenvalue weighted by Crippen LogP contribution is 2.16. The first kappa shape index (κ1) is 14.3. The maximum atomic E-state index is 12.0. The Morgan fingerprint density at radius 3 is 2.80 bits per heavy atom. The first-order valence-electron chi connectivity index (χ1n) is 5.57. The Balaban J connectivity index is 2.15. The van der Waals surface area contributed by atoms with Crippen LogP contribution in [0.3, 0.4) is 0 Å². The average molecular weight is 288 g/mol. The minimum absolute atomic E-state index is 0.0283. The molecular weight excluding hydrogens is 277 g/mol. The summed E-state index contributed by atoms with van der Waals surface area (Å²) in [6.45, 7) is -1.82. The third-order valence-electron chi connectivity index (χ3n) is 2.30. The van der Waals surface area contributed by atoms with Crippen molar-refractivity contribution in [2.24, 2.45) is 7.05 Å². The van der Waals surface area contributed by atoms with Crippen LogP contribution in [0.2, 0.25) is 0 Å². The number of ether oxygens (including phenoxy) is 1. The molecule has 108 valence electrons. The monoisotopic (exact) mass is 288 g/mol. The summed E-state index contributed by atoms with van der Waals surface area (Å²) in [6, 6.07) is 1.24. The van der Waals surface area contributed by atoms with E-state index in [-0.39, 0.29) is 5.82 Å². The number of aromatic nitrogens is 4. The average Bonchev–Trinajstić information content (AvgIpc) is 2.73. The van der Waals surface area contributed by atoms with Crippen LogP contribution >= 0.6 is 0 Å². The Morgan fingerprint density at radius 1 is 1.45 bits per heavy atom. The minimum atomic E-state index is -4.42. The number of aryl methyl sites for hydroxylation is 1. The number of rotatable bonds is 4. The highest BCUT2D eigenvalue weighted by molar-refractivity contribution is 5.56. The van der Waals surface area contributed by atoms with Gasteiger partial charge in [-0.3, -0.25) is 9.48 Å². The topological polar surface area (TPSA) is 72.8 Å². The number of hydrogen-bond acceptors (Lipinski definition) is 4. The van der Waals surface area contributed by atoms with Crippen LogP contribution in [-0.4, -0.2) is 32.5 Å². The van der Waals surface area contributed by atoms with Gasteiger partial charge in [-0.15, -0.1) is 0 Å². The maximum absolute atomic E-state index is 12.0. The summed E-state index contributed by atoms with van der Waals surface area (Å²) < 4.78 is 41.9. The van der Waals surface area contributed by atoms with Crippen LogP contribution in [0.1, 0.15) is 5.82 Å². The zero-order valence-corrected chi connectivity index (χ0v) is 10.4. The van der Waals surface area contributed by atoms with Crippen molar-refractivity contribution < 1.29 is 17.9 Å². The van der Waals surface area contributed by atoms with Crippen molar-refractivity contribution >= 4 is 0 Å². The van der Waals surface area contributed by atoms with Gasteiger partial charge in [-0.25, -0.2) is 4.98 Å². The Hall–Kier alpha value is -2.16. The molecule has 0 saturated heterocycles. The predicted octanol–water partition coefficient (Wildman–Crippen LogP) is 1.25. The van der Waals surface area contributed by atoms with Crippen molar-refractivity contribution in [2.45, 2.75) is 12.8 Å². The van der Waals surface area contributed by atoms with E-state index >= 15 is 0 Å². The lowest BCUT2D eigenvalue weighted by Crippen LogP contribution is -2.18. The van der Waals surface area contributed by atoms with Gasteiger partial charge >= 0.3 is 6.18 Å². The number of hydrogen-bond donors (Lipinski definition) is 1. The maximum Gasteiger partial charge on any atom is 0.411 e. The van der Waals surface area contributed by atoms with Gasteiger partial charge in [-0.1, -0.05) is 0 Å².